The number of nitrogen functional groups attached to an aromatic ring is 1. The van der Waals surface area contributed by atoms with Crippen LogP contribution in [0.2, 0.25) is 0 Å². The molecule has 0 radical (unpaired) electrons. The lowest BCUT2D eigenvalue weighted by Crippen LogP contribution is -2.00. The van der Waals surface area contributed by atoms with Gasteiger partial charge in [-0.15, -0.1) is 0 Å². The Hall–Kier alpha value is -1.97. The number of nitrogens with two attached hydrogens (primary N) is 1. The summed E-state index contributed by atoms with van der Waals surface area (Å²) in [4.78, 5) is 4.73. The molecule has 1 aliphatic rings. The fourth-order valence-corrected chi connectivity index (χ4v) is 2.41. The molecule has 1 aliphatic carbocycles. The average Bonchev–Trinajstić information content (AvgIpc) is 3.25. The van der Waals surface area contributed by atoms with Crippen LogP contribution in [-0.2, 0) is 0 Å². The van der Waals surface area contributed by atoms with Crippen LogP contribution >= 0.6 is 0 Å². The highest BCUT2D eigenvalue weighted by molar-refractivity contribution is 5.93. The van der Waals surface area contributed by atoms with Crippen molar-refractivity contribution in [3.05, 3.63) is 23.9 Å². The first kappa shape index (κ1) is 13.0. The smallest absolute Gasteiger partial charge is 0.163 e. The number of benzene rings is 1. The number of fused-ring (bicyclic) bond motifs is 1. The van der Waals surface area contributed by atoms with E-state index >= 15 is 0 Å². The van der Waals surface area contributed by atoms with E-state index in [0.29, 0.717) is 19.1 Å². The fraction of sp³-hybridized carbons (Fsp3) is 0.438. The van der Waals surface area contributed by atoms with Gasteiger partial charge in [0.15, 0.2) is 11.5 Å². The summed E-state index contributed by atoms with van der Waals surface area (Å²) in [7, 11) is 0. The van der Waals surface area contributed by atoms with E-state index in [2.05, 4.69) is 0 Å². The second kappa shape index (κ2) is 5.19. The van der Waals surface area contributed by atoms with Crippen molar-refractivity contribution in [2.45, 2.75) is 32.6 Å². The number of aromatic nitrogens is 1. The van der Waals surface area contributed by atoms with E-state index in [1.807, 2.05) is 32.0 Å². The van der Waals surface area contributed by atoms with Crippen molar-refractivity contribution in [3.8, 4) is 11.5 Å². The molecule has 0 unspecified atom stereocenters. The van der Waals surface area contributed by atoms with Crippen LogP contribution in [0.4, 0.5) is 5.69 Å². The molecule has 3 rings (SSSR count). The lowest BCUT2D eigenvalue weighted by atomic mass is 10.1. The van der Waals surface area contributed by atoms with Gasteiger partial charge in [-0.2, -0.15) is 0 Å². The molecule has 2 aromatic rings. The number of rotatable bonds is 5. The first-order valence-electron chi connectivity index (χ1n) is 7.22. The summed E-state index contributed by atoms with van der Waals surface area (Å²) in [5.41, 5.74) is 8.93. The summed E-state index contributed by atoms with van der Waals surface area (Å²) in [5, 5.41) is 0.932. The Bertz CT molecular complexity index is 636. The van der Waals surface area contributed by atoms with E-state index in [4.69, 9.17) is 20.2 Å². The Morgan fingerprint density at radius 1 is 1.10 bits per heavy atom. The van der Waals surface area contributed by atoms with Gasteiger partial charge in [0.05, 0.1) is 18.7 Å². The van der Waals surface area contributed by atoms with Crippen molar-refractivity contribution in [3.63, 3.8) is 0 Å². The minimum atomic E-state index is 0.587. The van der Waals surface area contributed by atoms with Crippen molar-refractivity contribution in [1.29, 1.82) is 0 Å². The summed E-state index contributed by atoms with van der Waals surface area (Å²) >= 11 is 0. The molecule has 1 aromatic carbocycles. The molecular weight excluding hydrogens is 252 g/mol. The van der Waals surface area contributed by atoms with Crippen LogP contribution in [-0.4, -0.2) is 18.2 Å². The minimum absolute atomic E-state index is 0.587. The number of nitrogens with zero attached hydrogens (tertiary/aromatic N) is 1. The van der Waals surface area contributed by atoms with Crippen molar-refractivity contribution in [2.24, 2.45) is 0 Å². The van der Waals surface area contributed by atoms with Gasteiger partial charge in [-0.3, -0.25) is 4.98 Å². The lowest BCUT2D eigenvalue weighted by Gasteiger charge is -2.13. The summed E-state index contributed by atoms with van der Waals surface area (Å²) in [6, 6.07) is 5.87. The molecule has 1 heterocycles. The van der Waals surface area contributed by atoms with Crippen LogP contribution in [0.5, 0.6) is 11.5 Å². The molecule has 0 spiro atoms. The molecule has 2 N–H and O–H groups in total. The van der Waals surface area contributed by atoms with Gasteiger partial charge in [0, 0.05) is 28.8 Å². The highest BCUT2D eigenvalue weighted by atomic mass is 16.5. The molecule has 0 aliphatic heterocycles. The van der Waals surface area contributed by atoms with Gasteiger partial charge in [-0.05, 0) is 38.8 Å². The Labute approximate surface area is 118 Å². The predicted octanol–water partition coefficient (Wildman–Crippen LogP) is 3.49. The molecule has 1 fully saturated rings. The van der Waals surface area contributed by atoms with Crippen molar-refractivity contribution in [1.82, 2.24) is 4.98 Å². The molecule has 1 aromatic heterocycles. The van der Waals surface area contributed by atoms with Gasteiger partial charge in [-0.1, -0.05) is 0 Å². The summed E-state index contributed by atoms with van der Waals surface area (Å²) in [6.45, 7) is 5.11. The maximum Gasteiger partial charge on any atom is 0.163 e. The number of ether oxygens (including phenoxy) is 2. The van der Waals surface area contributed by atoms with E-state index in [0.717, 1.165) is 33.8 Å². The maximum atomic E-state index is 6.18. The topological polar surface area (TPSA) is 57.4 Å². The highest BCUT2D eigenvalue weighted by Crippen LogP contribution is 2.42. The van der Waals surface area contributed by atoms with Crippen LogP contribution in [0.1, 0.15) is 38.3 Å². The van der Waals surface area contributed by atoms with Gasteiger partial charge in [-0.25, -0.2) is 0 Å². The normalized spacial score (nSPS) is 14.5. The molecule has 106 valence electrons. The SMILES string of the molecule is CCOc1cc2nc(C3CC3)cc(N)c2cc1OCC. The number of hydrogen-bond donors (Lipinski definition) is 1. The third-order valence-electron chi connectivity index (χ3n) is 3.52. The Kier molecular flexibility index (Phi) is 3.38. The molecule has 4 heteroatoms. The molecule has 0 saturated heterocycles. The lowest BCUT2D eigenvalue weighted by molar-refractivity contribution is 0.288. The van der Waals surface area contributed by atoms with E-state index < -0.39 is 0 Å². The Morgan fingerprint density at radius 2 is 1.75 bits per heavy atom. The zero-order chi connectivity index (χ0) is 14.1. The standard InChI is InChI=1S/C16H20N2O2/c1-3-19-15-7-11-12(17)8-13(10-5-6-10)18-14(11)9-16(15)20-4-2/h7-10H,3-6H2,1-2H3,(H2,17,18). The van der Waals surface area contributed by atoms with Crippen LogP contribution in [0.15, 0.2) is 18.2 Å². The number of hydrogen-bond acceptors (Lipinski definition) is 4. The summed E-state index contributed by atoms with van der Waals surface area (Å²) in [6.07, 6.45) is 2.43. The molecule has 1 saturated carbocycles. The van der Waals surface area contributed by atoms with Gasteiger partial charge >= 0.3 is 0 Å². The van der Waals surface area contributed by atoms with Gasteiger partial charge < -0.3 is 15.2 Å². The fourth-order valence-electron chi connectivity index (χ4n) is 2.41. The van der Waals surface area contributed by atoms with E-state index in [1.165, 1.54) is 12.8 Å². The van der Waals surface area contributed by atoms with Gasteiger partial charge in [0.25, 0.3) is 0 Å². The second-order valence-electron chi connectivity index (χ2n) is 5.09. The molecule has 0 amide bonds. The van der Waals surface area contributed by atoms with Crippen LogP contribution in [0.25, 0.3) is 10.9 Å². The molecule has 20 heavy (non-hydrogen) atoms. The molecular formula is C16H20N2O2. The molecule has 0 bridgehead atoms. The summed E-state index contributed by atoms with van der Waals surface area (Å²) in [5.74, 6) is 2.06. The maximum absolute atomic E-state index is 6.18. The third kappa shape index (κ3) is 2.38. The van der Waals surface area contributed by atoms with Crippen molar-refractivity contribution >= 4 is 16.6 Å². The van der Waals surface area contributed by atoms with Crippen LogP contribution < -0.4 is 15.2 Å². The molecule has 0 atom stereocenters. The van der Waals surface area contributed by atoms with Crippen molar-refractivity contribution < 1.29 is 9.47 Å². The van der Waals surface area contributed by atoms with Gasteiger partial charge in [0.1, 0.15) is 0 Å². The Morgan fingerprint density at radius 3 is 2.35 bits per heavy atom. The van der Waals surface area contributed by atoms with Crippen LogP contribution in [0.3, 0.4) is 0 Å². The van der Waals surface area contributed by atoms with Crippen LogP contribution in [0, 0.1) is 0 Å². The monoisotopic (exact) mass is 272 g/mol. The highest BCUT2D eigenvalue weighted by Gasteiger charge is 2.26. The predicted molar refractivity (Wildman–Crippen MR) is 80.5 cm³/mol. The quantitative estimate of drug-likeness (QED) is 0.905. The minimum Gasteiger partial charge on any atom is -0.490 e. The second-order valence-corrected chi connectivity index (χ2v) is 5.09. The first-order chi connectivity index (χ1) is 9.72. The molecule has 4 nitrogen and oxygen atoms in total. The van der Waals surface area contributed by atoms with E-state index in [9.17, 15) is 0 Å². The van der Waals surface area contributed by atoms with Crippen molar-refractivity contribution in [2.75, 3.05) is 18.9 Å². The first-order valence-corrected chi connectivity index (χ1v) is 7.22. The van der Waals surface area contributed by atoms with E-state index in [-0.39, 0.29) is 0 Å². The third-order valence-corrected chi connectivity index (χ3v) is 3.52. The number of pyridine rings is 1. The Balaban J connectivity index is 2.13. The summed E-state index contributed by atoms with van der Waals surface area (Å²) < 4.78 is 11.3. The average molecular weight is 272 g/mol. The van der Waals surface area contributed by atoms with E-state index in [1.54, 1.807) is 0 Å². The number of anilines is 1. The zero-order valence-corrected chi connectivity index (χ0v) is 12.0. The largest absolute Gasteiger partial charge is 0.490 e. The van der Waals surface area contributed by atoms with Gasteiger partial charge in [0.2, 0.25) is 0 Å². The zero-order valence-electron chi connectivity index (χ0n) is 12.0.